The molecule has 0 amide bonds. The molecule has 0 N–H and O–H groups in total. The summed E-state index contributed by atoms with van der Waals surface area (Å²) < 4.78 is 7.59. The van der Waals surface area contributed by atoms with Crippen LogP contribution in [0.1, 0.15) is 12.0 Å². The highest BCUT2D eigenvalue weighted by atomic mass is 35.5. The molecule has 0 saturated carbocycles. The minimum Gasteiger partial charge on any atom is -0.491 e. The summed E-state index contributed by atoms with van der Waals surface area (Å²) in [6.45, 7) is 1.35. The molecule has 1 aromatic carbocycles. The topological polar surface area (TPSA) is 50.8 Å². The quantitative estimate of drug-likeness (QED) is 0.731. The van der Waals surface area contributed by atoms with E-state index in [0.29, 0.717) is 22.9 Å². The fourth-order valence-electron chi connectivity index (χ4n) is 2.16. The molecule has 4 nitrogen and oxygen atoms in total. The molecule has 0 atom stereocenters. The second-order valence-electron chi connectivity index (χ2n) is 4.05. The molecule has 5 heteroatoms. The van der Waals surface area contributed by atoms with Crippen LogP contribution in [0, 0.1) is 11.3 Å². The van der Waals surface area contributed by atoms with Gasteiger partial charge in [-0.25, -0.2) is 0 Å². The maximum atomic E-state index is 9.23. The number of halogens is 1. The van der Waals surface area contributed by atoms with Crippen LogP contribution < -0.4 is 4.74 Å². The summed E-state index contributed by atoms with van der Waals surface area (Å²) in [6, 6.07) is 7.47. The van der Waals surface area contributed by atoms with E-state index in [1.807, 2.05) is 10.7 Å². The van der Waals surface area contributed by atoms with Gasteiger partial charge in [0.25, 0.3) is 0 Å². The number of aromatic nitrogens is 2. The molecule has 0 radical (unpaired) electrons. The highest BCUT2D eigenvalue weighted by Crippen LogP contribution is 2.39. The van der Waals surface area contributed by atoms with Crippen LogP contribution in [0.4, 0.5) is 0 Å². The van der Waals surface area contributed by atoms with Crippen LogP contribution >= 0.6 is 11.6 Å². The summed E-state index contributed by atoms with van der Waals surface area (Å²) in [4.78, 5) is 0. The molecular formula is C13H10ClN3O. The molecule has 90 valence electrons. The second kappa shape index (κ2) is 4.35. The Hall–Kier alpha value is -1.99. The van der Waals surface area contributed by atoms with Crippen LogP contribution in [0.15, 0.2) is 24.4 Å². The van der Waals surface area contributed by atoms with Crippen LogP contribution in [-0.4, -0.2) is 16.4 Å². The molecule has 2 heterocycles. The summed E-state index contributed by atoms with van der Waals surface area (Å²) in [5, 5.41) is 14.0. The number of benzene rings is 1. The van der Waals surface area contributed by atoms with Crippen LogP contribution in [0.2, 0.25) is 5.02 Å². The van der Waals surface area contributed by atoms with Crippen molar-refractivity contribution in [3.63, 3.8) is 0 Å². The first kappa shape index (κ1) is 11.1. The predicted octanol–water partition coefficient (Wildman–Crippen LogP) is 2.86. The van der Waals surface area contributed by atoms with Crippen molar-refractivity contribution in [1.29, 1.82) is 5.26 Å². The lowest BCUT2D eigenvalue weighted by atomic mass is 10.0. The normalized spacial score (nSPS) is 13.6. The fraction of sp³-hybridized carbons (Fsp3) is 0.231. The van der Waals surface area contributed by atoms with Crippen LogP contribution in [0.5, 0.6) is 5.75 Å². The van der Waals surface area contributed by atoms with Gasteiger partial charge in [-0.2, -0.15) is 10.4 Å². The molecule has 0 unspecified atom stereocenters. The molecule has 18 heavy (non-hydrogen) atoms. The van der Waals surface area contributed by atoms with Gasteiger partial charge in [-0.15, -0.1) is 0 Å². The van der Waals surface area contributed by atoms with Crippen LogP contribution in [0.3, 0.4) is 0 Å². The number of hydrogen-bond acceptors (Lipinski definition) is 3. The Morgan fingerprint density at radius 1 is 1.39 bits per heavy atom. The maximum Gasteiger partial charge on any atom is 0.148 e. The number of nitrogens with zero attached hydrogens (tertiary/aromatic N) is 3. The van der Waals surface area contributed by atoms with E-state index < -0.39 is 0 Å². The maximum absolute atomic E-state index is 9.23. The van der Waals surface area contributed by atoms with Gasteiger partial charge >= 0.3 is 0 Å². The Balaban J connectivity index is 2.34. The number of nitriles is 1. The monoisotopic (exact) mass is 259 g/mol. The van der Waals surface area contributed by atoms with E-state index in [1.54, 1.807) is 18.3 Å². The van der Waals surface area contributed by atoms with Crippen molar-refractivity contribution >= 4 is 11.6 Å². The average molecular weight is 260 g/mol. The summed E-state index contributed by atoms with van der Waals surface area (Å²) in [6.07, 6.45) is 2.59. The van der Waals surface area contributed by atoms with Crippen molar-refractivity contribution in [2.75, 3.05) is 6.61 Å². The highest BCUT2D eigenvalue weighted by molar-refractivity contribution is 6.32. The molecule has 0 fully saturated rings. The lowest BCUT2D eigenvalue weighted by Gasteiger charge is -2.18. The second-order valence-corrected chi connectivity index (χ2v) is 4.46. The van der Waals surface area contributed by atoms with E-state index >= 15 is 0 Å². The zero-order valence-corrected chi connectivity index (χ0v) is 10.3. The molecular weight excluding hydrogens is 250 g/mol. The van der Waals surface area contributed by atoms with Gasteiger partial charge in [-0.1, -0.05) is 11.6 Å². The Bertz CT molecular complexity index is 642. The van der Waals surface area contributed by atoms with Gasteiger partial charge in [0.2, 0.25) is 0 Å². The third kappa shape index (κ3) is 1.64. The smallest absolute Gasteiger partial charge is 0.148 e. The van der Waals surface area contributed by atoms with E-state index in [0.717, 1.165) is 24.2 Å². The lowest BCUT2D eigenvalue weighted by Crippen LogP contribution is -2.12. The Morgan fingerprint density at radius 2 is 2.28 bits per heavy atom. The van der Waals surface area contributed by atoms with E-state index in [4.69, 9.17) is 16.3 Å². The van der Waals surface area contributed by atoms with E-state index in [2.05, 4.69) is 11.2 Å². The standard InChI is InChI=1S/C13H10ClN3O/c14-10-3-2-9(8-15)12-11-4-5-16-17(11)6-1-7-18-13(10)12/h2-5H,1,6-7H2. The summed E-state index contributed by atoms with van der Waals surface area (Å²) >= 11 is 6.17. The number of aryl methyl sites for hydroxylation is 1. The Kier molecular flexibility index (Phi) is 2.69. The first-order chi connectivity index (χ1) is 8.81. The Labute approximate surface area is 109 Å². The first-order valence-corrected chi connectivity index (χ1v) is 6.06. The van der Waals surface area contributed by atoms with E-state index in [-0.39, 0.29) is 0 Å². The minimum absolute atomic E-state index is 0.527. The van der Waals surface area contributed by atoms with Gasteiger partial charge in [-0.3, -0.25) is 4.68 Å². The van der Waals surface area contributed by atoms with Crippen molar-refractivity contribution in [2.45, 2.75) is 13.0 Å². The van der Waals surface area contributed by atoms with E-state index in [9.17, 15) is 5.26 Å². The molecule has 2 aromatic rings. The van der Waals surface area contributed by atoms with Crippen LogP contribution in [-0.2, 0) is 6.54 Å². The van der Waals surface area contributed by atoms with Gasteiger partial charge in [0.05, 0.1) is 34.5 Å². The third-order valence-corrected chi connectivity index (χ3v) is 3.26. The van der Waals surface area contributed by atoms with Crippen molar-refractivity contribution in [3.8, 4) is 23.1 Å². The predicted molar refractivity (Wildman–Crippen MR) is 67.5 cm³/mol. The lowest BCUT2D eigenvalue weighted by molar-refractivity contribution is 0.295. The van der Waals surface area contributed by atoms with Gasteiger partial charge in [0, 0.05) is 19.2 Å². The Morgan fingerprint density at radius 3 is 3.11 bits per heavy atom. The van der Waals surface area contributed by atoms with Crippen molar-refractivity contribution in [1.82, 2.24) is 9.78 Å². The van der Waals surface area contributed by atoms with Gasteiger partial charge in [0.15, 0.2) is 0 Å². The van der Waals surface area contributed by atoms with Crippen molar-refractivity contribution in [2.24, 2.45) is 0 Å². The number of rotatable bonds is 0. The zero-order chi connectivity index (χ0) is 12.5. The molecule has 0 bridgehead atoms. The van der Waals surface area contributed by atoms with Crippen molar-refractivity contribution in [3.05, 3.63) is 35.0 Å². The van der Waals surface area contributed by atoms with Crippen molar-refractivity contribution < 1.29 is 4.74 Å². The first-order valence-electron chi connectivity index (χ1n) is 5.69. The van der Waals surface area contributed by atoms with Gasteiger partial charge in [-0.05, 0) is 18.2 Å². The molecule has 0 spiro atoms. The summed E-state index contributed by atoms with van der Waals surface area (Å²) in [5.74, 6) is 0.581. The molecule has 1 aliphatic rings. The molecule has 3 rings (SSSR count). The fourth-order valence-corrected chi connectivity index (χ4v) is 2.37. The van der Waals surface area contributed by atoms with Gasteiger partial charge in [0.1, 0.15) is 5.75 Å². The molecule has 1 aromatic heterocycles. The minimum atomic E-state index is 0.527. The number of fused-ring (bicyclic) bond motifs is 3. The van der Waals surface area contributed by atoms with Gasteiger partial charge < -0.3 is 4.74 Å². The molecule has 1 aliphatic heterocycles. The van der Waals surface area contributed by atoms with Crippen LogP contribution in [0.25, 0.3) is 11.3 Å². The number of hydrogen-bond donors (Lipinski definition) is 0. The summed E-state index contributed by atoms with van der Waals surface area (Å²) in [5.41, 5.74) is 2.17. The van der Waals surface area contributed by atoms with E-state index in [1.165, 1.54) is 0 Å². The molecule has 0 aliphatic carbocycles. The highest BCUT2D eigenvalue weighted by Gasteiger charge is 2.20. The largest absolute Gasteiger partial charge is 0.491 e. The average Bonchev–Trinajstić information content (AvgIpc) is 2.80. The molecule has 0 saturated heterocycles. The zero-order valence-electron chi connectivity index (χ0n) is 9.56. The third-order valence-electron chi connectivity index (χ3n) is 2.96. The SMILES string of the molecule is N#Cc1ccc(Cl)c2c1-c1ccnn1CCCO2. The number of ether oxygens (including phenoxy) is 1. The summed E-state index contributed by atoms with van der Waals surface area (Å²) in [7, 11) is 0.